The monoisotopic (exact) mass is 379 g/mol. The molecule has 2 rings (SSSR count). The Morgan fingerprint density at radius 3 is 2.46 bits per heavy atom. The summed E-state index contributed by atoms with van der Waals surface area (Å²) in [6.45, 7) is 0. The predicted molar refractivity (Wildman–Crippen MR) is 94.9 cm³/mol. The van der Waals surface area contributed by atoms with Crippen LogP contribution in [0.4, 0.5) is 0 Å². The molecular formula is C17H21N3O5S. The topological polar surface area (TPSA) is 106 Å². The molecule has 1 heterocycles. The molecule has 8 nitrogen and oxygen atoms in total. The van der Waals surface area contributed by atoms with E-state index in [1.54, 1.807) is 31.3 Å². The quantitative estimate of drug-likeness (QED) is 0.697. The summed E-state index contributed by atoms with van der Waals surface area (Å²) in [6, 6.07) is 9.67. The Bertz CT molecular complexity index is 890. The van der Waals surface area contributed by atoms with Gasteiger partial charge in [-0.3, -0.25) is 9.59 Å². The first-order chi connectivity index (χ1) is 12.3. The first-order valence-electron chi connectivity index (χ1n) is 7.81. The highest BCUT2D eigenvalue weighted by Gasteiger charge is 2.23. The number of nitrogens with one attached hydrogen (secondary N) is 2. The minimum absolute atomic E-state index is 0.0168. The molecule has 1 amide bonds. The number of methoxy groups -OCH3 is 1. The number of aromatic nitrogens is 1. The third kappa shape index (κ3) is 4.50. The van der Waals surface area contributed by atoms with E-state index in [-0.39, 0.29) is 17.0 Å². The van der Waals surface area contributed by atoms with E-state index in [1.165, 1.54) is 31.0 Å². The third-order valence-corrected chi connectivity index (χ3v) is 5.28. The number of carbonyl (C=O) groups is 2. The molecule has 0 aliphatic rings. The molecule has 1 atom stereocenters. The smallest absolute Gasteiger partial charge is 0.307 e. The van der Waals surface area contributed by atoms with E-state index >= 15 is 0 Å². The Kier molecular flexibility index (Phi) is 6.17. The Morgan fingerprint density at radius 2 is 1.88 bits per heavy atom. The molecule has 1 aromatic heterocycles. The number of aryl methyl sites for hydroxylation is 1. The number of carbonyl (C=O) groups excluding carboxylic acids is 2. The summed E-state index contributed by atoms with van der Waals surface area (Å²) in [4.78, 5) is 24.3. The molecule has 0 aliphatic heterocycles. The van der Waals surface area contributed by atoms with Gasteiger partial charge in [0.15, 0.2) is 0 Å². The number of benzene rings is 1. The minimum atomic E-state index is -3.66. The van der Waals surface area contributed by atoms with Gasteiger partial charge in [0, 0.05) is 13.2 Å². The molecule has 0 aliphatic carbocycles. The van der Waals surface area contributed by atoms with Crippen molar-refractivity contribution in [2.75, 3.05) is 14.2 Å². The van der Waals surface area contributed by atoms with Crippen molar-refractivity contribution in [3.8, 4) is 0 Å². The van der Waals surface area contributed by atoms with Crippen molar-refractivity contribution < 1.29 is 22.7 Å². The number of rotatable bonds is 7. The molecule has 0 saturated carbocycles. The summed E-state index contributed by atoms with van der Waals surface area (Å²) in [5, 5.41) is 2.76. The highest BCUT2D eigenvalue weighted by atomic mass is 32.2. The second-order valence-corrected chi connectivity index (χ2v) is 7.48. The van der Waals surface area contributed by atoms with Gasteiger partial charge in [-0.15, -0.1) is 0 Å². The van der Waals surface area contributed by atoms with Gasteiger partial charge < -0.3 is 14.6 Å². The van der Waals surface area contributed by atoms with Crippen molar-refractivity contribution in [3.63, 3.8) is 0 Å². The van der Waals surface area contributed by atoms with Gasteiger partial charge in [0.25, 0.3) is 5.91 Å². The standard InChI is InChI=1S/C17H21N3O5S/c1-18-26(23,24)13-9-15(20(2)11-13)17(22)19-14(10-16(21)25-3)12-7-5-4-6-8-12/h4-9,11,14,18H,10H2,1-3H3,(H,19,22). The van der Waals surface area contributed by atoms with Crippen LogP contribution in [0.1, 0.15) is 28.5 Å². The Morgan fingerprint density at radius 1 is 1.23 bits per heavy atom. The van der Waals surface area contributed by atoms with Gasteiger partial charge in [-0.05, 0) is 18.7 Å². The summed E-state index contributed by atoms with van der Waals surface area (Å²) < 4.78 is 32.1. The maximum atomic E-state index is 12.6. The summed E-state index contributed by atoms with van der Waals surface area (Å²) in [5.41, 5.74) is 0.896. The fourth-order valence-corrected chi connectivity index (χ4v) is 3.24. The molecule has 1 aromatic carbocycles. The SMILES string of the molecule is CNS(=O)(=O)c1cc(C(=O)NC(CC(=O)OC)c2ccccc2)n(C)c1. The highest BCUT2D eigenvalue weighted by Crippen LogP contribution is 2.19. The number of amides is 1. The molecule has 9 heteroatoms. The van der Waals surface area contributed by atoms with Crippen LogP contribution in [0.15, 0.2) is 47.5 Å². The lowest BCUT2D eigenvalue weighted by Gasteiger charge is -2.18. The van der Waals surface area contributed by atoms with Crippen molar-refractivity contribution in [3.05, 3.63) is 53.9 Å². The number of sulfonamides is 1. The Balaban J connectivity index is 2.28. The zero-order valence-corrected chi connectivity index (χ0v) is 15.5. The zero-order chi connectivity index (χ0) is 19.3. The largest absolute Gasteiger partial charge is 0.469 e. The molecule has 1 unspecified atom stereocenters. The lowest BCUT2D eigenvalue weighted by molar-refractivity contribution is -0.141. The van der Waals surface area contributed by atoms with E-state index in [4.69, 9.17) is 4.74 Å². The van der Waals surface area contributed by atoms with Crippen LogP contribution >= 0.6 is 0 Å². The van der Waals surface area contributed by atoms with E-state index in [0.29, 0.717) is 0 Å². The van der Waals surface area contributed by atoms with Crippen molar-refractivity contribution in [2.45, 2.75) is 17.4 Å². The molecule has 0 radical (unpaired) electrons. The highest BCUT2D eigenvalue weighted by molar-refractivity contribution is 7.89. The van der Waals surface area contributed by atoms with Crippen molar-refractivity contribution in [1.82, 2.24) is 14.6 Å². The molecule has 140 valence electrons. The normalized spacial score (nSPS) is 12.4. The fourth-order valence-electron chi connectivity index (χ4n) is 2.44. The number of hydrogen-bond acceptors (Lipinski definition) is 5. The zero-order valence-electron chi connectivity index (χ0n) is 14.7. The first-order valence-corrected chi connectivity index (χ1v) is 9.29. The van der Waals surface area contributed by atoms with Crippen LogP contribution in [0, 0.1) is 0 Å². The van der Waals surface area contributed by atoms with Gasteiger partial charge in [-0.1, -0.05) is 30.3 Å². The van der Waals surface area contributed by atoms with Crippen LogP contribution in [0.3, 0.4) is 0 Å². The third-order valence-electron chi connectivity index (χ3n) is 3.90. The Hall–Kier alpha value is -2.65. The van der Waals surface area contributed by atoms with E-state index in [1.807, 2.05) is 6.07 Å². The predicted octanol–water partition coefficient (Wildman–Crippen LogP) is 0.967. The van der Waals surface area contributed by atoms with Gasteiger partial charge in [-0.25, -0.2) is 13.1 Å². The van der Waals surface area contributed by atoms with Crippen LogP contribution in [0.25, 0.3) is 0 Å². The fraction of sp³-hybridized carbons (Fsp3) is 0.294. The maximum absolute atomic E-state index is 12.6. The number of ether oxygens (including phenoxy) is 1. The van der Waals surface area contributed by atoms with Gasteiger partial charge in [0.05, 0.1) is 19.6 Å². The number of hydrogen-bond donors (Lipinski definition) is 2. The second-order valence-electron chi connectivity index (χ2n) is 5.60. The van der Waals surface area contributed by atoms with Crippen LogP contribution < -0.4 is 10.0 Å². The van der Waals surface area contributed by atoms with E-state index in [0.717, 1.165) is 5.56 Å². The average Bonchev–Trinajstić information content (AvgIpc) is 3.04. The van der Waals surface area contributed by atoms with Crippen molar-refractivity contribution >= 4 is 21.9 Å². The van der Waals surface area contributed by atoms with Gasteiger partial charge in [0.2, 0.25) is 10.0 Å². The molecule has 0 fully saturated rings. The van der Waals surface area contributed by atoms with Gasteiger partial charge in [0.1, 0.15) is 10.6 Å². The maximum Gasteiger partial charge on any atom is 0.307 e. The average molecular weight is 379 g/mol. The second kappa shape index (κ2) is 8.15. The van der Waals surface area contributed by atoms with Crippen LogP contribution in [0.5, 0.6) is 0 Å². The van der Waals surface area contributed by atoms with Gasteiger partial charge in [-0.2, -0.15) is 0 Å². The molecule has 2 N–H and O–H groups in total. The Labute approximate surface area is 152 Å². The molecular weight excluding hydrogens is 358 g/mol. The number of esters is 1. The van der Waals surface area contributed by atoms with Gasteiger partial charge >= 0.3 is 5.97 Å². The van der Waals surface area contributed by atoms with E-state index in [2.05, 4.69) is 10.0 Å². The van der Waals surface area contributed by atoms with Crippen LogP contribution in [-0.2, 0) is 26.6 Å². The summed E-state index contributed by atoms with van der Waals surface area (Å²) in [5.74, 6) is -0.965. The van der Waals surface area contributed by atoms with E-state index in [9.17, 15) is 18.0 Å². The lowest BCUT2D eigenvalue weighted by atomic mass is 10.0. The molecule has 0 spiro atoms. The van der Waals surface area contributed by atoms with Crippen LogP contribution in [-0.4, -0.2) is 39.0 Å². The minimum Gasteiger partial charge on any atom is -0.469 e. The van der Waals surface area contributed by atoms with E-state index < -0.39 is 27.9 Å². The van der Waals surface area contributed by atoms with Crippen molar-refractivity contribution in [2.24, 2.45) is 7.05 Å². The molecule has 0 bridgehead atoms. The van der Waals surface area contributed by atoms with Crippen LogP contribution in [0.2, 0.25) is 0 Å². The summed E-state index contributed by atoms with van der Waals surface area (Å²) in [7, 11) is 0.481. The number of nitrogens with zero attached hydrogens (tertiary/aromatic N) is 1. The first kappa shape index (κ1) is 19.7. The molecule has 0 saturated heterocycles. The summed E-state index contributed by atoms with van der Waals surface area (Å²) >= 11 is 0. The molecule has 2 aromatic rings. The van der Waals surface area contributed by atoms with Crippen molar-refractivity contribution in [1.29, 1.82) is 0 Å². The molecule has 26 heavy (non-hydrogen) atoms. The summed E-state index contributed by atoms with van der Waals surface area (Å²) in [6.07, 6.45) is 1.30. The lowest BCUT2D eigenvalue weighted by Crippen LogP contribution is -2.31.